The molecule has 29 heavy (non-hydrogen) atoms. The van der Waals surface area contributed by atoms with Gasteiger partial charge in [-0.15, -0.1) is 10.2 Å². The van der Waals surface area contributed by atoms with Gasteiger partial charge in [-0.25, -0.2) is 4.79 Å². The predicted molar refractivity (Wildman–Crippen MR) is 113 cm³/mol. The van der Waals surface area contributed by atoms with Crippen molar-refractivity contribution >= 4 is 28.1 Å². The van der Waals surface area contributed by atoms with Crippen molar-refractivity contribution in [1.29, 1.82) is 0 Å². The molecule has 0 aliphatic heterocycles. The van der Waals surface area contributed by atoms with E-state index in [4.69, 9.17) is 9.47 Å². The molecular weight excluding hydrogens is 386 g/mol. The largest absolute Gasteiger partial charge is 0.465 e. The summed E-state index contributed by atoms with van der Waals surface area (Å²) in [6, 6.07) is 24.2. The van der Waals surface area contributed by atoms with Gasteiger partial charge in [-0.05, 0) is 48.5 Å². The maximum absolute atomic E-state index is 11.6. The molecule has 1 heterocycles. The topological polar surface area (TPSA) is 73.3 Å². The highest BCUT2D eigenvalue weighted by Gasteiger charge is 2.13. The molecule has 7 heteroatoms. The molecule has 0 fully saturated rings. The van der Waals surface area contributed by atoms with E-state index in [2.05, 4.69) is 15.5 Å². The lowest BCUT2D eigenvalue weighted by atomic mass is 10.2. The number of ether oxygens (including phenoxy) is 2. The number of nitrogens with one attached hydrogen (secondary N) is 1. The first-order chi connectivity index (χ1) is 14.2. The smallest absolute Gasteiger partial charge is 0.337 e. The number of carbonyl (C=O) groups excluding carboxylic acids is 1. The Balaban J connectivity index is 1.55. The highest BCUT2D eigenvalue weighted by Crippen LogP contribution is 2.36. The van der Waals surface area contributed by atoms with Crippen molar-refractivity contribution in [2.45, 2.75) is 0 Å². The zero-order valence-electron chi connectivity index (χ0n) is 15.5. The summed E-state index contributed by atoms with van der Waals surface area (Å²) in [6.07, 6.45) is 0. The number of para-hydroxylation sites is 2. The third-order valence-electron chi connectivity index (χ3n) is 4.07. The van der Waals surface area contributed by atoms with Gasteiger partial charge in [-0.3, -0.25) is 0 Å². The van der Waals surface area contributed by atoms with Crippen molar-refractivity contribution in [1.82, 2.24) is 10.2 Å². The number of rotatable bonds is 6. The molecule has 1 aromatic heterocycles. The first kappa shape index (κ1) is 18.6. The van der Waals surface area contributed by atoms with Crippen molar-refractivity contribution in [3.63, 3.8) is 0 Å². The average Bonchev–Trinajstić information content (AvgIpc) is 3.23. The van der Waals surface area contributed by atoms with E-state index in [0.717, 1.165) is 16.3 Å². The Morgan fingerprint density at radius 1 is 0.897 bits per heavy atom. The molecule has 4 rings (SSSR count). The van der Waals surface area contributed by atoms with Gasteiger partial charge in [0.15, 0.2) is 5.01 Å². The summed E-state index contributed by atoms with van der Waals surface area (Å²) in [5, 5.41) is 13.2. The van der Waals surface area contributed by atoms with Crippen LogP contribution in [0.4, 0.5) is 10.8 Å². The number of benzene rings is 3. The minimum absolute atomic E-state index is 0.385. The molecule has 144 valence electrons. The summed E-state index contributed by atoms with van der Waals surface area (Å²) >= 11 is 1.44. The van der Waals surface area contributed by atoms with Crippen LogP contribution in [0.2, 0.25) is 0 Å². The van der Waals surface area contributed by atoms with Crippen LogP contribution in [0, 0.1) is 0 Å². The normalized spacial score (nSPS) is 10.4. The van der Waals surface area contributed by atoms with Crippen molar-refractivity contribution in [3.05, 3.63) is 84.4 Å². The van der Waals surface area contributed by atoms with Crippen LogP contribution < -0.4 is 10.1 Å². The molecule has 3 aromatic carbocycles. The third-order valence-corrected chi connectivity index (χ3v) is 4.94. The second kappa shape index (κ2) is 8.53. The minimum atomic E-state index is -0.385. The lowest BCUT2D eigenvalue weighted by Crippen LogP contribution is -2.00. The summed E-state index contributed by atoms with van der Waals surface area (Å²) in [6.45, 7) is 0. The highest BCUT2D eigenvalue weighted by molar-refractivity contribution is 7.18. The van der Waals surface area contributed by atoms with Gasteiger partial charge in [0.2, 0.25) is 5.13 Å². The zero-order valence-corrected chi connectivity index (χ0v) is 16.3. The first-order valence-corrected chi connectivity index (χ1v) is 9.66. The van der Waals surface area contributed by atoms with E-state index in [1.54, 1.807) is 24.3 Å². The van der Waals surface area contributed by atoms with Crippen molar-refractivity contribution in [2.75, 3.05) is 12.4 Å². The standard InChI is InChI=1S/C22H17N3O3S/c1-27-21(26)15-11-13-17(14-12-15)28-19-10-6-5-9-18(19)20-24-25-22(29-20)23-16-7-3-2-4-8-16/h2-14H,1H3,(H,23,25). The van der Waals surface area contributed by atoms with E-state index in [-0.39, 0.29) is 5.97 Å². The molecule has 6 nitrogen and oxygen atoms in total. The van der Waals surface area contributed by atoms with E-state index in [1.807, 2.05) is 54.6 Å². The molecule has 1 N–H and O–H groups in total. The maximum Gasteiger partial charge on any atom is 0.337 e. The highest BCUT2D eigenvalue weighted by atomic mass is 32.1. The fourth-order valence-electron chi connectivity index (χ4n) is 2.66. The Kier molecular flexibility index (Phi) is 5.49. The quantitative estimate of drug-likeness (QED) is 0.427. The maximum atomic E-state index is 11.6. The van der Waals surface area contributed by atoms with Crippen LogP contribution in [0.5, 0.6) is 11.5 Å². The molecule has 0 unspecified atom stereocenters. The lowest BCUT2D eigenvalue weighted by Gasteiger charge is -2.09. The molecule has 0 amide bonds. The second-order valence-electron chi connectivity index (χ2n) is 6.02. The van der Waals surface area contributed by atoms with Crippen molar-refractivity contribution in [2.24, 2.45) is 0 Å². The molecule has 0 aliphatic carbocycles. The average molecular weight is 403 g/mol. The van der Waals surface area contributed by atoms with Gasteiger partial charge in [0.1, 0.15) is 11.5 Å². The number of esters is 1. The SMILES string of the molecule is COC(=O)c1ccc(Oc2ccccc2-c2nnc(Nc3ccccc3)s2)cc1. The predicted octanol–water partition coefficient (Wildman–Crippen LogP) is 5.53. The first-order valence-electron chi connectivity index (χ1n) is 8.84. The summed E-state index contributed by atoms with van der Waals surface area (Å²) in [7, 11) is 1.35. The molecule has 0 atom stereocenters. The van der Waals surface area contributed by atoms with E-state index in [0.29, 0.717) is 22.2 Å². The molecule has 4 aromatic rings. The van der Waals surface area contributed by atoms with Crippen molar-refractivity contribution < 1.29 is 14.3 Å². The zero-order chi connectivity index (χ0) is 20.1. The number of hydrogen-bond donors (Lipinski definition) is 1. The number of aromatic nitrogens is 2. The van der Waals surface area contributed by atoms with Crippen LogP contribution in [-0.4, -0.2) is 23.3 Å². The monoisotopic (exact) mass is 403 g/mol. The Morgan fingerprint density at radius 2 is 1.62 bits per heavy atom. The molecule has 0 bridgehead atoms. The van der Waals surface area contributed by atoms with Gasteiger partial charge in [0.05, 0.1) is 18.2 Å². The second-order valence-corrected chi connectivity index (χ2v) is 7.00. The number of methoxy groups -OCH3 is 1. The van der Waals surface area contributed by atoms with E-state index < -0.39 is 0 Å². The van der Waals surface area contributed by atoms with Gasteiger partial charge >= 0.3 is 5.97 Å². The fourth-order valence-corrected chi connectivity index (χ4v) is 3.46. The Morgan fingerprint density at radius 3 is 2.38 bits per heavy atom. The molecular formula is C22H17N3O3S. The van der Waals surface area contributed by atoms with E-state index in [1.165, 1.54) is 18.4 Å². The molecule has 0 radical (unpaired) electrons. The molecule has 0 saturated heterocycles. The Bertz CT molecular complexity index is 1110. The summed E-state index contributed by atoms with van der Waals surface area (Å²) < 4.78 is 10.7. The molecule has 0 saturated carbocycles. The Hall–Kier alpha value is -3.71. The van der Waals surface area contributed by atoms with Gasteiger partial charge in [0, 0.05) is 5.69 Å². The summed E-state index contributed by atoms with van der Waals surface area (Å²) in [5.74, 6) is 0.877. The van der Waals surface area contributed by atoms with Crippen molar-refractivity contribution in [3.8, 4) is 22.1 Å². The van der Waals surface area contributed by atoms with Crippen LogP contribution in [-0.2, 0) is 4.74 Å². The molecule has 0 spiro atoms. The van der Waals surface area contributed by atoms with Crippen LogP contribution in [0.3, 0.4) is 0 Å². The fraction of sp³-hybridized carbons (Fsp3) is 0.0455. The van der Waals surface area contributed by atoms with Gasteiger partial charge in [-0.1, -0.05) is 41.7 Å². The lowest BCUT2D eigenvalue weighted by molar-refractivity contribution is 0.0600. The summed E-state index contributed by atoms with van der Waals surface area (Å²) in [4.78, 5) is 11.6. The van der Waals surface area contributed by atoms with Crippen LogP contribution in [0.25, 0.3) is 10.6 Å². The van der Waals surface area contributed by atoms with Crippen LogP contribution in [0.15, 0.2) is 78.9 Å². The summed E-state index contributed by atoms with van der Waals surface area (Å²) in [5.41, 5.74) is 2.25. The van der Waals surface area contributed by atoms with E-state index >= 15 is 0 Å². The number of hydrogen-bond acceptors (Lipinski definition) is 7. The third kappa shape index (κ3) is 4.41. The van der Waals surface area contributed by atoms with Gasteiger partial charge in [0.25, 0.3) is 0 Å². The minimum Gasteiger partial charge on any atom is -0.465 e. The Labute approximate surface area is 171 Å². The van der Waals surface area contributed by atoms with Gasteiger partial charge in [-0.2, -0.15) is 0 Å². The number of carbonyl (C=O) groups is 1. The van der Waals surface area contributed by atoms with Gasteiger partial charge < -0.3 is 14.8 Å². The van der Waals surface area contributed by atoms with Crippen LogP contribution in [0.1, 0.15) is 10.4 Å². The van der Waals surface area contributed by atoms with Crippen LogP contribution >= 0.6 is 11.3 Å². The molecule has 0 aliphatic rings. The van der Waals surface area contributed by atoms with E-state index in [9.17, 15) is 4.79 Å². The number of nitrogens with zero attached hydrogens (tertiary/aromatic N) is 2. The number of anilines is 2.